The monoisotopic (exact) mass is 476 g/mol. The Morgan fingerprint density at radius 1 is 1.03 bits per heavy atom. The number of thioether (sulfide) groups is 1. The molecule has 2 aromatic carbocycles. The lowest BCUT2D eigenvalue weighted by Gasteiger charge is -2.22. The zero-order valence-electron chi connectivity index (χ0n) is 19.0. The maximum absolute atomic E-state index is 13.1. The smallest absolute Gasteiger partial charge is 0.237 e. The van der Waals surface area contributed by atoms with Crippen molar-refractivity contribution in [3.8, 4) is 0 Å². The SMILES string of the molecule is CCN(C(=O)CSc1nnc(Cc2cccs2)n1CCc1ccccc1)c1ccccc1C. The molecule has 0 aliphatic rings. The molecule has 0 radical (unpaired) electrons. The van der Waals surface area contributed by atoms with Crippen LogP contribution in [0.4, 0.5) is 5.69 Å². The molecule has 4 rings (SSSR count). The van der Waals surface area contributed by atoms with Crippen LogP contribution in [0.25, 0.3) is 0 Å². The van der Waals surface area contributed by atoms with E-state index in [4.69, 9.17) is 0 Å². The Balaban J connectivity index is 1.50. The number of thiophene rings is 1. The summed E-state index contributed by atoms with van der Waals surface area (Å²) < 4.78 is 2.18. The summed E-state index contributed by atoms with van der Waals surface area (Å²) in [5, 5.41) is 11.8. The van der Waals surface area contributed by atoms with Crippen molar-refractivity contribution < 1.29 is 4.79 Å². The molecule has 170 valence electrons. The zero-order valence-corrected chi connectivity index (χ0v) is 20.6. The van der Waals surface area contributed by atoms with Crippen molar-refractivity contribution >= 4 is 34.7 Å². The van der Waals surface area contributed by atoms with E-state index in [1.165, 1.54) is 22.2 Å². The van der Waals surface area contributed by atoms with E-state index in [-0.39, 0.29) is 5.91 Å². The van der Waals surface area contributed by atoms with Crippen LogP contribution in [0.15, 0.2) is 77.3 Å². The first kappa shape index (κ1) is 23.3. The maximum atomic E-state index is 13.1. The second-order valence-electron chi connectivity index (χ2n) is 7.76. The molecule has 5 nitrogen and oxygen atoms in total. The Kier molecular flexibility index (Phi) is 7.96. The van der Waals surface area contributed by atoms with Gasteiger partial charge >= 0.3 is 0 Å². The first-order valence-corrected chi connectivity index (χ1v) is 13.0. The van der Waals surface area contributed by atoms with Gasteiger partial charge in [-0.25, -0.2) is 0 Å². The van der Waals surface area contributed by atoms with Crippen molar-refractivity contribution in [1.82, 2.24) is 14.8 Å². The fourth-order valence-corrected chi connectivity index (χ4v) is 5.35. The van der Waals surface area contributed by atoms with E-state index in [1.54, 1.807) is 11.3 Å². The van der Waals surface area contributed by atoms with Crippen molar-refractivity contribution in [2.24, 2.45) is 0 Å². The minimum Gasteiger partial charge on any atom is -0.312 e. The molecule has 0 saturated heterocycles. The lowest BCUT2D eigenvalue weighted by atomic mass is 10.1. The zero-order chi connectivity index (χ0) is 23.0. The Morgan fingerprint density at radius 2 is 1.82 bits per heavy atom. The summed E-state index contributed by atoms with van der Waals surface area (Å²) >= 11 is 3.20. The average Bonchev–Trinajstić information content (AvgIpc) is 3.49. The summed E-state index contributed by atoms with van der Waals surface area (Å²) in [5.74, 6) is 1.34. The third-order valence-corrected chi connectivity index (χ3v) is 7.35. The minimum absolute atomic E-state index is 0.0780. The molecule has 4 aromatic rings. The summed E-state index contributed by atoms with van der Waals surface area (Å²) in [7, 11) is 0. The number of benzene rings is 2. The molecule has 0 N–H and O–H groups in total. The number of nitrogens with zero attached hydrogens (tertiary/aromatic N) is 4. The molecule has 0 saturated carbocycles. The second kappa shape index (κ2) is 11.3. The fourth-order valence-electron chi connectivity index (χ4n) is 3.79. The molecule has 33 heavy (non-hydrogen) atoms. The van der Waals surface area contributed by atoms with Gasteiger partial charge in [0.2, 0.25) is 5.91 Å². The molecule has 0 atom stereocenters. The van der Waals surface area contributed by atoms with E-state index in [1.807, 2.05) is 49.1 Å². The first-order valence-electron chi connectivity index (χ1n) is 11.1. The van der Waals surface area contributed by atoms with Crippen LogP contribution in [-0.2, 0) is 24.2 Å². The highest BCUT2D eigenvalue weighted by Gasteiger charge is 2.19. The van der Waals surface area contributed by atoms with Crippen LogP contribution >= 0.6 is 23.1 Å². The highest BCUT2D eigenvalue weighted by atomic mass is 32.2. The number of amides is 1. The molecule has 0 spiro atoms. The number of hydrogen-bond donors (Lipinski definition) is 0. The standard InChI is InChI=1S/C26H28N4OS2/c1-3-29(23-14-8-7-10-20(23)2)25(31)19-33-26-28-27-24(18-22-13-9-17-32-22)30(26)16-15-21-11-5-4-6-12-21/h4-14,17H,3,15-16,18-19H2,1-2H3. The van der Waals surface area contributed by atoms with Gasteiger partial charge in [0.15, 0.2) is 5.16 Å². The van der Waals surface area contributed by atoms with Crippen LogP contribution in [0.1, 0.15) is 28.8 Å². The van der Waals surface area contributed by atoms with Gasteiger partial charge in [-0.15, -0.1) is 21.5 Å². The molecule has 7 heteroatoms. The summed E-state index contributed by atoms with van der Waals surface area (Å²) in [4.78, 5) is 16.2. The van der Waals surface area contributed by atoms with E-state index in [9.17, 15) is 4.79 Å². The number of rotatable bonds is 10. The van der Waals surface area contributed by atoms with Crippen LogP contribution < -0.4 is 4.90 Å². The van der Waals surface area contributed by atoms with Gasteiger partial charge in [0.1, 0.15) is 5.82 Å². The predicted octanol–water partition coefficient (Wildman–Crippen LogP) is 5.63. The van der Waals surface area contributed by atoms with Crippen molar-refractivity contribution in [3.63, 3.8) is 0 Å². The summed E-state index contributed by atoms with van der Waals surface area (Å²) in [6.07, 6.45) is 1.64. The molecular formula is C26H28N4OS2. The predicted molar refractivity (Wildman–Crippen MR) is 137 cm³/mol. The van der Waals surface area contributed by atoms with E-state index in [0.29, 0.717) is 12.3 Å². The average molecular weight is 477 g/mol. The van der Waals surface area contributed by atoms with Gasteiger partial charge < -0.3 is 9.47 Å². The number of hydrogen-bond acceptors (Lipinski definition) is 5. The number of carbonyl (C=O) groups excluding carboxylic acids is 1. The largest absolute Gasteiger partial charge is 0.312 e. The lowest BCUT2D eigenvalue weighted by Crippen LogP contribution is -2.32. The summed E-state index contributed by atoms with van der Waals surface area (Å²) in [6, 6.07) is 22.6. The molecule has 2 aromatic heterocycles. The lowest BCUT2D eigenvalue weighted by molar-refractivity contribution is -0.116. The molecule has 1 amide bonds. The number of aryl methyl sites for hydroxylation is 2. The molecule has 0 unspecified atom stereocenters. The summed E-state index contributed by atoms with van der Waals surface area (Å²) in [5.41, 5.74) is 3.34. The van der Waals surface area contributed by atoms with Gasteiger partial charge in [0, 0.05) is 30.1 Å². The number of carbonyl (C=O) groups is 1. The van der Waals surface area contributed by atoms with Gasteiger partial charge in [0.25, 0.3) is 0 Å². The maximum Gasteiger partial charge on any atom is 0.237 e. The quantitative estimate of drug-likeness (QED) is 0.279. The van der Waals surface area contributed by atoms with Crippen molar-refractivity contribution in [2.75, 3.05) is 17.2 Å². The third kappa shape index (κ3) is 5.92. The van der Waals surface area contributed by atoms with E-state index >= 15 is 0 Å². The van der Waals surface area contributed by atoms with Gasteiger partial charge in [0.05, 0.1) is 5.75 Å². The van der Waals surface area contributed by atoms with Crippen LogP contribution in [0.2, 0.25) is 0 Å². The van der Waals surface area contributed by atoms with Gasteiger partial charge in [-0.2, -0.15) is 0 Å². The Morgan fingerprint density at radius 3 is 2.55 bits per heavy atom. The van der Waals surface area contributed by atoms with Crippen LogP contribution in [0, 0.1) is 6.92 Å². The molecular weight excluding hydrogens is 448 g/mol. The Labute approximate surface area is 203 Å². The molecule has 0 bridgehead atoms. The Hall–Kier alpha value is -2.90. The number of anilines is 1. The first-order chi connectivity index (χ1) is 16.2. The van der Waals surface area contributed by atoms with Crippen LogP contribution in [0.5, 0.6) is 0 Å². The fraction of sp³-hybridized carbons (Fsp3) is 0.269. The molecule has 0 aliphatic carbocycles. The highest BCUT2D eigenvalue weighted by molar-refractivity contribution is 7.99. The Bertz CT molecular complexity index is 1170. The van der Waals surface area contributed by atoms with E-state index < -0.39 is 0 Å². The normalized spacial score (nSPS) is 11.0. The van der Waals surface area contributed by atoms with E-state index in [0.717, 1.165) is 41.6 Å². The topological polar surface area (TPSA) is 51.0 Å². The van der Waals surface area contributed by atoms with Crippen molar-refractivity contribution in [3.05, 3.63) is 93.9 Å². The molecule has 0 fully saturated rings. The van der Waals surface area contributed by atoms with Crippen molar-refractivity contribution in [2.45, 2.75) is 38.4 Å². The number of aromatic nitrogens is 3. The highest BCUT2D eigenvalue weighted by Crippen LogP contribution is 2.24. The van der Waals surface area contributed by atoms with Gasteiger partial charge in [-0.05, 0) is 48.9 Å². The van der Waals surface area contributed by atoms with E-state index in [2.05, 4.69) is 56.5 Å². The van der Waals surface area contributed by atoms with Gasteiger partial charge in [-0.3, -0.25) is 4.79 Å². The molecule has 2 heterocycles. The van der Waals surface area contributed by atoms with Crippen LogP contribution in [-0.4, -0.2) is 33.0 Å². The van der Waals surface area contributed by atoms with Gasteiger partial charge in [-0.1, -0.05) is 66.4 Å². The van der Waals surface area contributed by atoms with Crippen LogP contribution in [0.3, 0.4) is 0 Å². The van der Waals surface area contributed by atoms with Crippen molar-refractivity contribution in [1.29, 1.82) is 0 Å². The summed E-state index contributed by atoms with van der Waals surface area (Å²) in [6.45, 7) is 5.46. The third-order valence-electron chi connectivity index (χ3n) is 5.52. The number of para-hydroxylation sites is 1. The molecule has 0 aliphatic heterocycles. The second-order valence-corrected chi connectivity index (χ2v) is 9.73. The minimum atomic E-state index is 0.0780.